The van der Waals surface area contributed by atoms with Crippen molar-refractivity contribution in [3.63, 3.8) is 0 Å². The molecule has 0 amide bonds. The molecule has 1 heterocycles. The van der Waals surface area contributed by atoms with Crippen LogP contribution in [0.5, 0.6) is 0 Å². The summed E-state index contributed by atoms with van der Waals surface area (Å²) >= 11 is 1.61. The molecule has 4 heteroatoms. The van der Waals surface area contributed by atoms with Gasteiger partial charge in [-0.2, -0.15) is 0 Å². The van der Waals surface area contributed by atoms with E-state index in [1.165, 1.54) is 0 Å². The molecule has 0 spiro atoms. The van der Waals surface area contributed by atoms with E-state index in [2.05, 4.69) is 4.98 Å². The lowest BCUT2D eigenvalue weighted by atomic mass is 10.3. The van der Waals surface area contributed by atoms with Crippen LogP contribution in [0.15, 0.2) is 23.4 Å². The van der Waals surface area contributed by atoms with Crippen molar-refractivity contribution in [1.82, 2.24) is 4.98 Å². The van der Waals surface area contributed by atoms with Crippen LogP contribution in [0.1, 0.15) is 12.0 Å². The van der Waals surface area contributed by atoms with Gasteiger partial charge in [0.2, 0.25) is 0 Å². The number of aromatic nitrogens is 1. The molecule has 0 saturated carbocycles. The molecule has 3 nitrogen and oxygen atoms in total. The zero-order valence-electron chi connectivity index (χ0n) is 7.31. The smallest absolute Gasteiger partial charge is 0.0960 e. The molecule has 0 aromatic carbocycles. The normalized spacial score (nSPS) is 10.3. The van der Waals surface area contributed by atoms with Crippen LogP contribution in [0.25, 0.3) is 0 Å². The first-order chi connectivity index (χ1) is 6.36. The Morgan fingerprint density at radius 1 is 1.31 bits per heavy atom. The molecule has 2 N–H and O–H groups in total. The number of aliphatic hydroxyl groups is 2. The minimum absolute atomic E-state index is 0.0363. The van der Waals surface area contributed by atoms with Crippen molar-refractivity contribution in [2.24, 2.45) is 0 Å². The Bertz CT molecular complexity index is 238. The predicted octanol–water partition coefficient (Wildman–Crippen LogP) is 1.05. The maximum absolute atomic E-state index is 8.76. The minimum atomic E-state index is 0.0363. The molecule has 0 aliphatic rings. The van der Waals surface area contributed by atoms with Crippen LogP contribution in [-0.4, -0.2) is 27.6 Å². The van der Waals surface area contributed by atoms with Gasteiger partial charge in [-0.3, -0.25) is 0 Å². The Hall–Kier alpha value is -0.580. The Labute approximate surface area is 81.8 Å². The highest BCUT2D eigenvalue weighted by molar-refractivity contribution is 7.99. The molecule has 1 aromatic heterocycles. The van der Waals surface area contributed by atoms with Crippen LogP contribution in [0.2, 0.25) is 0 Å². The minimum Gasteiger partial charge on any atom is -0.396 e. The number of aliphatic hydroxyl groups excluding tert-OH is 2. The van der Waals surface area contributed by atoms with Gasteiger partial charge in [0.15, 0.2) is 0 Å². The Kier molecular flexibility index (Phi) is 4.82. The highest BCUT2D eigenvalue weighted by Gasteiger charge is 1.95. The van der Waals surface area contributed by atoms with Gasteiger partial charge in [0, 0.05) is 18.6 Å². The van der Waals surface area contributed by atoms with Gasteiger partial charge in [-0.15, -0.1) is 11.8 Å². The van der Waals surface area contributed by atoms with Crippen molar-refractivity contribution in [3.05, 3.63) is 23.9 Å². The number of pyridine rings is 1. The summed E-state index contributed by atoms with van der Waals surface area (Å²) in [5, 5.41) is 18.3. The van der Waals surface area contributed by atoms with Gasteiger partial charge in [-0.05, 0) is 18.1 Å². The molecule has 0 bridgehead atoms. The first-order valence-electron chi connectivity index (χ1n) is 4.16. The number of thioether (sulfide) groups is 1. The summed E-state index contributed by atoms with van der Waals surface area (Å²) in [5.41, 5.74) is 0.825. The predicted molar refractivity (Wildman–Crippen MR) is 52.6 cm³/mol. The lowest BCUT2D eigenvalue weighted by molar-refractivity contribution is 0.281. The monoisotopic (exact) mass is 199 g/mol. The van der Waals surface area contributed by atoms with E-state index in [0.717, 1.165) is 22.8 Å². The Morgan fingerprint density at radius 3 is 2.69 bits per heavy atom. The molecular weight excluding hydrogens is 186 g/mol. The Balaban J connectivity index is 2.40. The van der Waals surface area contributed by atoms with E-state index in [9.17, 15) is 0 Å². The molecule has 1 rings (SSSR count). The van der Waals surface area contributed by atoms with Gasteiger partial charge in [0.05, 0.1) is 11.6 Å². The molecular formula is C9H13NO2S. The summed E-state index contributed by atoms with van der Waals surface area (Å²) < 4.78 is 0. The van der Waals surface area contributed by atoms with E-state index in [-0.39, 0.29) is 13.2 Å². The molecule has 0 aliphatic carbocycles. The summed E-state index contributed by atoms with van der Waals surface area (Å²) in [6, 6.07) is 3.74. The third kappa shape index (κ3) is 3.76. The van der Waals surface area contributed by atoms with Gasteiger partial charge >= 0.3 is 0 Å². The van der Waals surface area contributed by atoms with E-state index in [1.807, 2.05) is 12.1 Å². The van der Waals surface area contributed by atoms with Crippen molar-refractivity contribution >= 4 is 11.8 Å². The van der Waals surface area contributed by atoms with E-state index >= 15 is 0 Å². The Morgan fingerprint density at radius 2 is 2.15 bits per heavy atom. The highest BCUT2D eigenvalue weighted by atomic mass is 32.2. The van der Waals surface area contributed by atoms with Crippen LogP contribution in [-0.2, 0) is 6.61 Å². The molecule has 72 valence electrons. The lowest BCUT2D eigenvalue weighted by Gasteiger charge is -2.00. The summed E-state index contributed by atoms with van der Waals surface area (Å²) in [6.45, 7) is 0.260. The number of nitrogens with zero attached hydrogens (tertiary/aromatic N) is 1. The third-order valence-electron chi connectivity index (χ3n) is 1.53. The average Bonchev–Trinajstić information content (AvgIpc) is 2.19. The van der Waals surface area contributed by atoms with Crippen molar-refractivity contribution < 1.29 is 10.2 Å². The molecule has 0 unspecified atom stereocenters. The van der Waals surface area contributed by atoms with Gasteiger partial charge in [-0.25, -0.2) is 4.98 Å². The van der Waals surface area contributed by atoms with E-state index in [4.69, 9.17) is 10.2 Å². The molecule has 0 saturated heterocycles. The molecule has 13 heavy (non-hydrogen) atoms. The van der Waals surface area contributed by atoms with Crippen molar-refractivity contribution in [2.45, 2.75) is 18.1 Å². The molecule has 0 aliphatic heterocycles. The van der Waals surface area contributed by atoms with Crippen LogP contribution >= 0.6 is 11.8 Å². The second-order valence-electron chi connectivity index (χ2n) is 2.59. The molecule has 0 fully saturated rings. The quantitative estimate of drug-likeness (QED) is 0.550. The first-order valence-corrected chi connectivity index (χ1v) is 5.15. The maximum Gasteiger partial charge on any atom is 0.0960 e. The zero-order valence-corrected chi connectivity index (χ0v) is 8.13. The van der Waals surface area contributed by atoms with Gasteiger partial charge in [0.25, 0.3) is 0 Å². The third-order valence-corrected chi connectivity index (χ3v) is 2.56. The second kappa shape index (κ2) is 5.96. The van der Waals surface area contributed by atoms with E-state index in [0.29, 0.717) is 0 Å². The fourth-order valence-electron chi connectivity index (χ4n) is 0.831. The topological polar surface area (TPSA) is 53.4 Å². The van der Waals surface area contributed by atoms with Crippen LogP contribution in [0.4, 0.5) is 0 Å². The molecule has 1 aromatic rings. The SMILES string of the molecule is OCCCSc1ccc(CO)cn1. The highest BCUT2D eigenvalue weighted by Crippen LogP contribution is 2.15. The number of rotatable bonds is 5. The van der Waals surface area contributed by atoms with E-state index < -0.39 is 0 Å². The van der Waals surface area contributed by atoms with Gasteiger partial charge < -0.3 is 10.2 Å². The first kappa shape index (κ1) is 10.5. The fraction of sp³-hybridized carbons (Fsp3) is 0.444. The van der Waals surface area contributed by atoms with Crippen LogP contribution in [0.3, 0.4) is 0 Å². The lowest BCUT2D eigenvalue weighted by Crippen LogP contribution is -1.89. The zero-order chi connectivity index (χ0) is 9.52. The average molecular weight is 199 g/mol. The summed E-state index contributed by atoms with van der Waals surface area (Å²) in [6.07, 6.45) is 2.45. The fourth-order valence-corrected chi connectivity index (χ4v) is 1.61. The maximum atomic E-state index is 8.76. The largest absolute Gasteiger partial charge is 0.396 e. The standard InChI is InChI=1S/C9H13NO2S/c11-4-1-5-13-9-3-2-8(7-12)6-10-9/h2-3,6,11-12H,1,4-5,7H2. The van der Waals surface area contributed by atoms with Crippen molar-refractivity contribution in [3.8, 4) is 0 Å². The number of hydrogen-bond donors (Lipinski definition) is 2. The van der Waals surface area contributed by atoms with Crippen LogP contribution in [0, 0.1) is 0 Å². The summed E-state index contributed by atoms with van der Waals surface area (Å²) in [4.78, 5) is 4.14. The van der Waals surface area contributed by atoms with Crippen molar-refractivity contribution in [2.75, 3.05) is 12.4 Å². The number of hydrogen-bond acceptors (Lipinski definition) is 4. The molecule has 0 radical (unpaired) electrons. The second-order valence-corrected chi connectivity index (χ2v) is 3.70. The summed E-state index contributed by atoms with van der Waals surface area (Å²) in [7, 11) is 0. The molecule has 0 atom stereocenters. The van der Waals surface area contributed by atoms with Crippen molar-refractivity contribution in [1.29, 1.82) is 0 Å². The van der Waals surface area contributed by atoms with Gasteiger partial charge in [0.1, 0.15) is 0 Å². The van der Waals surface area contributed by atoms with Gasteiger partial charge in [-0.1, -0.05) is 6.07 Å². The summed E-state index contributed by atoms with van der Waals surface area (Å²) in [5.74, 6) is 0.877. The van der Waals surface area contributed by atoms with E-state index in [1.54, 1.807) is 18.0 Å². The van der Waals surface area contributed by atoms with Crippen LogP contribution < -0.4 is 0 Å².